The molecule has 0 N–H and O–H groups in total. The minimum atomic E-state index is -3.46. The van der Waals surface area contributed by atoms with Gasteiger partial charge >= 0.3 is 0 Å². The van der Waals surface area contributed by atoms with Crippen LogP contribution in [0.3, 0.4) is 0 Å². The second-order valence-electron chi connectivity index (χ2n) is 7.65. The zero-order valence-corrected chi connectivity index (χ0v) is 20.3. The van der Waals surface area contributed by atoms with Crippen molar-refractivity contribution in [2.45, 2.75) is 31.2 Å². The number of carbonyl (C=O) groups is 1. The van der Waals surface area contributed by atoms with Crippen LogP contribution in [0, 0.1) is 6.92 Å². The highest BCUT2D eigenvalue weighted by molar-refractivity contribution is 7.91. The molecule has 0 aliphatic rings. The van der Waals surface area contributed by atoms with E-state index in [0.29, 0.717) is 22.2 Å². The third-order valence-electron chi connectivity index (χ3n) is 5.16. The molecule has 33 heavy (non-hydrogen) atoms. The number of aryl methyl sites for hydroxylation is 1. The number of anilines is 1. The van der Waals surface area contributed by atoms with Crippen LogP contribution in [0.2, 0.25) is 5.02 Å². The number of sulfone groups is 1. The van der Waals surface area contributed by atoms with Gasteiger partial charge in [0.1, 0.15) is 5.52 Å². The molecule has 0 aliphatic carbocycles. The first kappa shape index (κ1) is 23.4. The predicted molar refractivity (Wildman–Crippen MR) is 133 cm³/mol. The summed E-state index contributed by atoms with van der Waals surface area (Å²) in [5, 5.41) is 1.05. The molecule has 0 aliphatic heterocycles. The third-order valence-corrected chi connectivity index (χ3v) is 8.33. The fourth-order valence-electron chi connectivity index (χ4n) is 3.36. The molecule has 1 amide bonds. The summed E-state index contributed by atoms with van der Waals surface area (Å²) in [6.07, 6.45) is 3.64. The number of carbonyl (C=O) groups excluding carboxylic acids is 1. The lowest BCUT2D eigenvalue weighted by Crippen LogP contribution is -2.30. The summed E-state index contributed by atoms with van der Waals surface area (Å²) >= 11 is 7.66. The van der Waals surface area contributed by atoms with Crippen molar-refractivity contribution >= 4 is 54.0 Å². The van der Waals surface area contributed by atoms with Gasteiger partial charge in [-0.05, 0) is 55.3 Å². The summed E-state index contributed by atoms with van der Waals surface area (Å²) in [6, 6.07) is 15.9. The normalized spacial score (nSPS) is 11.6. The van der Waals surface area contributed by atoms with Gasteiger partial charge in [-0.1, -0.05) is 46.7 Å². The quantitative estimate of drug-likeness (QED) is 0.322. The molecule has 2 heterocycles. The van der Waals surface area contributed by atoms with Crippen molar-refractivity contribution in [3.05, 3.63) is 83.1 Å². The minimum Gasteiger partial charge on any atom is -0.284 e. The Balaban J connectivity index is 1.53. The van der Waals surface area contributed by atoms with Crippen molar-refractivity contribution in [3.63, 3.8) is 0 Å². The summed E-state index contributed by atoms with van der Waals surface area (Å²) in [6.45, 7) is 2.21. The van der Waals surface area contributed by atoms with Crippen LogP contribution in [0.5, 0.6) is 0 Å². The molecular formula is C24H22ClN3O3S2. The van der Waals surface area contributed by atoms with E-state index in [9.17, 15) is 13.2 Å². The van der Waals surface area contributed by atoms with E-state index in [-0.39, 0.29) is 29.4 Å². The monoisotopic (exact) mass is 499 g/mol. The lowest BCUT2D eigenvalue weighted by Gasteiger charge is -2.20. The summed E-state index contributed by atoms with van der Waals surface area (Å²) in [5.74, 6) is -0.294. The molecule has 170 valence electrons. The Labute approximate surface area is 201 Å². The predicted octanol–water partition coefficient (Wildman–Crippen LogP) is 5.44. The number of hydrogen-bond donors (Lipinski definition) is 0. The highest BCUT2D eigenvalue weighted by Gasteiger charge is 2.22. The van der Waals surface area contributed by atoms with E-state index in [1.807, 2.05) is 31.2 Å². The van der Waals surface area contributed by atoms with Gasteiger partial charge in [0.2, 0.25) is 5.91 Å². The van der Waals surface area contributed by atoms with Gasteiger partial charge in [0.15, 0.2) is 15.0 Å². The van der Waals surface area contributed by atoms with Gasteiger partial charge in [-0.2, -0.15) is 0 Å². The first-order valence-electron chi connectivity index (χ1n) is 10.4. The third kappa shape index (κ3) is 5.58. The van der Waals surface area contributed by atoms with Crippen molar-refractivity contribution in [1.29, 1.82) is 0 Å². The highest BCUT2D eigenvalue weighted by atomic mass is 35.5. The van der Waals surface area contributed by atoms with Gasteiger partial charge in [0.25, 0.3) is 0 Å². The van der Waals surface area contributed by atoms with Gasteiger partial charge < -0.3 is 0 Å². The molecule has 0 atom stereocenters. The number of hydrogen-bond acceptors (Lipinski definition) is 6. The van der Waals surface area contributed by atoms with E-state index < -0.39 is 9.84 Å². The molecule has 4 rings (SSSR count). The smallest absolute Gasteiger partial charge is 0.229 e. The average molecular weight is 500 g/mol. The molecule has 0 bridgehead atoms. The molecule has 6 nitrogen and oxygen atoms in total. The number of rotatable bonds is 8. The Morgan fingerprint density at radius 1 is 1.06 bits per heavy atom. The lowest BCUT2D eigenvalue weighted by atomic mass is 10.2. The molecule has 0 saturated heterocycles. The Morgan fingerprint density at radius 3 is 2.48 bits per heavy atom. The van der Waals surface area contributed by atoms with Gasteiger partial charge in [-0.3, -0.25) is 14.7 Å². The number of thiazole rings is 1. The number of para-hydroxylation sites is 1. The van der Waals surface area contributed by atoms with Crippen molar-refractivity contribution in [2.75, 3.05) is 10.7 Å². The first-order valence-corrected chi connectivity index (χ1v) is 13.2. The number of amides is 1. The van der Waals surface area contributed by atoms with Crippen molar-refractivity contribution in [2.24, 2.45) is 0 Å². The van der Waals surface area contributed by atoms with Gasteiger partial charge in [-0.15, -0.1) is 0 Å². The molecule has 0 unspecified atom stereocenters. The van der Waals surface area contributed by atoms with E-state index in [4.69, 9.17) is 11.6 Å². The van der Waals surface area contributed by atoms with Crippen molar-refractivity contribution < 1.29 is 13.2 Å². The SMILES string of the molecule is Cc1ccc(S(=O)(=O)CCCC(=O)N(Cc2ccncc2)c2nc3c(Cl)cccc3s2)cc1. The Bertz CT molecular complexity index is 1370. The summed E-state index contributed by atoms with van der Waals surface area (Å²) in [5.41, 5.74) is 2.54. The van der Waals surface area contributed by atoms with E-state index in [1.54, 1.807) is 47.6 Å². The van der Waals surface area contributed by atoms with Crippen LogP contribution in [0.4, 0.5) is 5.13 Å². The molecule has 4 aromatic rings. The zero-order valence-electron chi connectivity index (χ0n) is 17.9. The summed E-state index contributed by atoms with van der Waals surface area (Å²) in [7, 11) is -3.46. The lowest BCUT2D eigenvalue weighted by molar-refractivity contribution is -0.118. The standard InChI is InChI=1S/C24H22ClN3O3S2/c1-17-7-9-19(10-8-17)33(30,31)15-3-6-22(29)28(16-18-11-13-26-14-12-18)24-27-23-20(25)4-2-5-21(23)32-24/h2,4-5,7-14H,3,6,15-16H2,1H3. The molecule has 2 aromatic carbocycles. The molecular weight excluding hydrogens is 478 g/mol. The molecule has 0 radical (unpaired) electrons. The fourth-order valence-corrected chi connectivity index (χ4v) is 5.96. The number of nitrogens with zero attached hydrogens (tertiary/aromatic N) is 3. The van der Waals surface area contributed by atoms with Crippen molar-refractivity contribution in [1.82, 2.24) is 9.97 Å². The van der Waals surface area contributed by atoms with E-state index in [2.05, 4.69) is 9.97 Å². The Morgan fingerprint density at radius 2 is 1.79 bits per heavy atom. The minimum absolute atomic E-state index is 0.0832. The molecule has 0 spiro atoms. The van der Waals surface area contributed by atoms with E-state index in [0.717, 1.165) is 15.8 Å². The molecule has 0 saturated carbocycles. The second-order valence-corrected chi connectivity index (χ2v) is 11.2. The maximum atomic E-state index is 13.2. The largest absolute Gasteiger partial charge is 0.284 e. The zero-order chi connectivity index (χ0) is 23.4. The maximum absolute atomic E-state index is 13.2. The Kier molecular flexibility index (Phi) is 7.07. The number of aromatic nitrogens is 2. The number of benzene rings is 2. The van der Waals surface area contributed by atoms with Crippen LogP contribution in [0.25, 0.3) is 10.2 Å². The van der Waals surface area contributed by atoms with Crippen LogP contribution >= 0.6 is 22.9 Å². The summed E-state index contributed by atoms with van der Waals surface area (Å²) < 4.78 is 26.2. The fraction of sp³-hybridized carbons (Fsp3) is 0.208. The Hall–Kier alpha value is -2.81. The highest BCUT2D eigenvalue weighted by Crippen LogP contribution is 2.34. The topological polar surface area (TPSA) is 80.2 Å². The van der Waals surface area contributed by atoms with Crippen LogP contribution in [-0.4, -0.2) is 30.0 Å². The van der Waals surface area contributed by atoms with E-state index >= 15 is 0 Å². The van der Waals surface area contributed by atoms with Crippen LogP contribution in [0.15, 0.2) is 71.9 Å². The van der Waals surface area contributed by atoms with Crippen LogP contribution in [0.1, 0.15) is 24.0 Å². The summed E-state index contributed by atoms with van der Waals surface area (Å²) in [4.78, 5) is 23.7. The second kappa shape index (κ2) is 9.99. The van der Waals surface area contributed by atoms with Gasteiger partial charge in [0, 0.05) is 18.8 Å². The van der Waals surface area contributed by atoms with Crippen LogP contribution in [-0.2, 0) is 21.2 Å². The number of pyridine rings is 1. The number of halogens is 1. The van der Waals surface area contributed by atoms with Crippen molar-refractivity contribution in [3.8, 4) is 0 Å². The molecule has 0 fully saturated rings. The first-order chi connectivity index (χ1) is 15.8. The van der Waals surface area contributed by atoms with Gasteiger partial charge in [-0.25, -0.2) is 13.4 Å². The molecule has 2 aromatic heterocycles. The average Bonchev–Trinajstić information content (AvgIpc) is 3.23. The number of fused-ring (bicyclic) bond motifs is 1. The van der Waals surface area contributed by atoms with E-state index in [1.165, 1.54) is 11.3 Å². The maximum Gasteiger partial charge on any atom is 0.229 e. The van der Waals surface area contributed by atoms with Crippen LogP contribution < -0.4 is 4.90 Å². The molecule has 9 heteroatoms. The van der Waals surface area contributed by atoms with Gasteiger partial charge in [0.05, 0.1) is 26.9 Å².